The number of carbonyl (C=O) groups excluding carboxylic acids is 1. The Labute approximate surface area is 176 Å². The van der Waals surface area contributed by atoms with Gasteiger partial charge in [0, 0.05) is 11.1 Å². The molecule has 0 unspecified atom stereocenters. The molecule has 7 heteroatoms. The maximum Gasteiger partial charge on any atom is 0.257 e. The van der Waals surface area contributed by atoms with Crippen molar-refractivity contribution in [2.24, 2.45) is 0 Å². The second-order valence-electron chi connectivity index (χ2n) is 6.72. The van der Waals surface area contributed by atoms with Crippen LogP contribution in [0.25, 0.3) is 21.7 Å². The zero-order valence-electron chi connectivity index (χ0n) is 16.0. The molecule has 4 rings (SSSR count). The number of carbonyl (C=O) groups is 1. The van der Waals surface area contributed by atoms with Gasteiger partial charge >= 0.3 is 0 Å². The number of hydrogen-bond donors (Lipinski definition) is 4. The van der Waals surface area contributed by atoms with Gasteiger partial charge in [-0.15, -0.1) is 0 Å². The van der Waals surface area contributed by atoms with Crippen molar-refractivity contribution in [1.82, 2.24) is 4.98 Å². The summed E-state index contributed by atoms with van der Waals surface area (Å²) in [5.74, 6) is -0.811. The normalized spacial score (nSPS) is 10.7. The summed E-state index contributed by atoms with van der Waals surface area (Å²) in [4.78, 5) is 18.0. The first-order valence-corrected chi connectivity index (χ1v) is 9.93. The largest absolute Gasteiger partial charge is 0.508 e. The van der Waals surface area contributed by atoms with Gasteiger partial charge in [0.25, 0.3) is 5.91 Å². The van der Waals surface area contributed by atoms with Crippen LogP contribution in [0.4, 0.5) is 5.13 Å². The molecule has 0 aliphatic heterocycles. The van der Waals surface area contributed by atoms with E-state index in [0.717, 1.165) is 10.4 Å². The van der Waals surface area contributed by atoms with E-state index in [-0.39, 0.29) is 17.2 Å². The van der Waals surface area contributed by atoms with Crippen molar-refractivity contribution in [3.8, 4) is 38.9 Å². The van der Waals surface area contributed by atoms with Gasteiger partial charge in [-0.1, -0.05) is 47.7 Å². The molecule has 0 radical (unpaired) electrons. The summed E-state index contributed by atoms with van der Waals surface area (Å²) in [6.07, 6.45) is 0. The molecule has 4 N–H and O–H groups in total. The minimum Gasteiger partial charge on any atom is -0.508 e. The van der Waals surface area contributed by atoms with Crippen LogP contribution in [0.1, 0.15) is 15.9 Å². The van der Waals surface area contributed by atoms with Crippen LogP contribution < -0.4 is 5.32 Å². The van der Waals surface area contributed by atoms with Crippen LogP contribution >= 0.6 is 11.3 Å². The maximum atomic E-state index is 12.6. The molecule has 0 saturated heterocycles. The van der Waals surface area contributed by atoms with Gasteiger partial charge in [0.05, 0.1) is 10.6 Å². The predicted octanol–water partition coefficient (Wildman–Crippen LogP) is 5.15. The summed E-state index contributed by atoms with van der Waals surface area (Å²) in [5.41, 5.74) is 3.09. The number of rotatable bonds is 4. The molecule has 1 amide bonds. The third-order valence-electron chi connectivity index (χ3n) is 4.60. The van der Waals surface area contributed by atoms with E-state index >= 15 is 0 Å². The molecule has 0 aliphatic rings. The number of nitrogens with one attached hydrogen (secondary N) is 1. The van der Waals surface area contributed by atoms with Gasteiger partial charge < -0.3 is 15.3 Å². The molecule has 6 nitrogen and oxygen atoms in total. The standard InChI is InChI=1S/C23H18N2O4S/c1-13-7-8-16(12-18(13)27)22(29)25-23-24-20(15-9-10-17(26)19(28)11-15)21(30-23)14-5-3-2-4-6-14/h2-12,26-28H,1H3,(H,24,25,29). The third kappa shape index (κ3) is 3.83. The number of phenols is 3. The van der Waals surface area contributed by atoms with Crippen LogP contribution in [0.3, 0.4) is 0 Å². The van der Waals surface area contributed by atoms with Crippen molar-refractivity contribution in [2.75, 3.05) is 5.32 Å². The van der Waals surface area contributed by atoms with Crippen LogP contribution in [-0.4, -0.2) is 26.2 Å². The van der Waals surface area contributed by atoms with Gasteiger partial charge in [0.15, 0.2) is 16.6 Å². The minimum atomic E-state index is -0.390. The van der Waals surface area contributed by atoms with Crippen molar-refractivity contribution in [3.05, 3.63) is 77.9 Å². The summed E-state index contributed by atoms with van der Waals surface area (Å²) < 4.78 is 0. The Bertz CT molecular complexity index is 1240. The van der Waals surface area contributed by atoms with E-state index in [1.165, 1.54) is 29.5 Å². The minimum absolute atomic E-state index is 0.0482. The number of anilines is 1. The van der Waals surface area contributed by atoms with Gasteiger partial charge in [0.2, 0.25) is 0 Å². The van der Waals surface area contributed by atoms with Crippen LogP contribution in [0.15, 0.2) is 66.7 Å². The van der Waals surface area contributed by atoms with E-state index < -0.39 is 5.91 Å². The highest BCUT2D eigenvalue weighted by molar-refractivity contribution is 7.19. The molecule has 3 aromatic carbocycles. The number of hydrogen-bond acceptors (Lipinski definition) is 6. The number of aryl methyl sites for hydroxylation is 1. The highest BCUT2D eigenvalue weighted by Crippen LogP contribution is 2.41. The molecule has 0 aliphatic carbocycles. The number of nitrogens with zero attached hydrogens (tertiary/aromatic N) is 1. The van der Waals surface area contributed by atoms with Gasteiger partial charge in [-0.2, -0.15) is 0 Å². The lowest BCUT2D eigenvalue weighted by Gasteiger charge is -2.04. The Morgan fingerprint density at radius 2 is 1.63 bits per heavy atom. The molecule has 0 saturated carbocycles. The molecule has 0 spiro atoms. The molecular weight excluding hydrogens is 400 g/mol. The third-order valence-corrected chi connectivity index (χ3v) is 5.62. The van der Waals surface area contributed by atoms with Crippen LogP contribution in [-0.2, 0) is 0 Å². The second-order valence-corrected chi connectivity index (χ2v) is 7.72. The van der Waals surface area contributed by atoms with E-state index in [2.05, 4.69) is 10.3 Å². The lowest BCUT2D eigenvalue weighted by molar-refractivity contribution is 0.102. The summed E-state index contributed by atoms with van der Waals surface area (Å²) in [6.45, 7) is 1.75. The predicted molar refractivity (Wildman–Crippen MR) is 117 cm³/mol. The van der Waals surface area contributed by atoms with E-state index in [1.807, 2.05) is 30.3 Å². The molecule has 150 valence electrons. The summed E-state index contributed by atoms with van der Waals surface area (Å²) in [6, 6.07) is 18.8. The van der Waals surface area contributed by atoms with E-state index in [1.54, 1.807) is 25.1 Å². The maximum absolute atomic E-state index is 12.6. The van der Waals surface area contributed by atoms with Crippen LogP contribution in [0, 0.1) is 6.92 Å². The monoisotopic (exact) mass is 418 g/mol. The quantitative estimate of drug-likeness (QED) is 0.343. The fourth-order valence-electron chi connectivity index (χ4n) is 2.95. The number of aromatic nitrogens is 1. The average Bonchev–Trinajstić information content (AvgIpc) is 3.16. The van der Waals surface area contributed by atoms with Crippen molar-refractivity contribution >= 4 is 22.4 Å². The number of amides is 1. The van der Waals surface area contributed by atoms with Crippen molar-refractivity contribution in [3.63, 3.8) is 0 Å². The van der Waals surface area contributed by atoms with Crippen molar-refractivity contribution in [1.29, 1.82) is 0 Å². The Hall–Kier alpha value is -3.84. The SMILES string of the molecule is Cc1ccc(C(=O)Nc2nc(-c3ccc(O)c(O)c3)c(-c3ccccc3)s2)cc1O. The summed E-state index contributed by atoms with van der Waals surface area (Å²) >= 11 is 1.30. The first kappa shape index (κ1) is 19.5. The topological polar surface area (TPSA) is 103 Å². The molecule has 0 bridgehead atoms. The zero-order chi connectivity index (χ0) is 21.3. The smallest absolute Gasteiger partial charge is 0.257 e. The number of benzene rings is 3. The van der Waals surface area contributed by atoms with Gasteiger partial charge in [0.1, 0.15) is 5.75 Å². The summed E-state index contributed by atoms with van der Waals surface area (Å²) in [7, 11) is 0. The Morgan fingerprint density at radius 3 is 2.33 bits per heavy atom. The highest BCUT2D eigenvalue weighted by Gasteiger charge is 2.18. The number of aromatic hydroxyl groups is 3. The second kappa shape index (κ2) is 7.88. The van der Waals surface area contributed by atoms with E-state index in [9.17, 15) is 20.1 Å². The first-order valence-electron chi connectivity index (χ1n) is 9.12. The fraction of sp³-hybridized carbons (Fsp3) is 0.0435. The lowest BCUT2D eigenvalue weighted by atomic mass is 10.1. The lowest BCUT2D eigenvalue weighted by Crippen LogP contribution is -2.11. The summed E-state index contributed by atoms with van der Waals surface area (Å²) in [5, 5.41) is 32.6. The fourth-order valence-corrected chi connectivity index (χ4v) is 3.93. The molecule has 0 fully saturated rings. The Kier molecular flexibility index (Phi) is 5.12. The first-order chi connectivity index (χ1) is 14.4. The Balaban J connectivity index is 1.74. The average molecular weight is 418 g/mol. The van der Waals surface area contributed by atoms with Crippen LogP contribution in [0.2, 0.25) is 0 Å². The highest BCUT2D eigenvalue weighted by atomic mass is 32.1. The van der Waals surface area contributed by atoms with Crippen LogP contribution in [0.5, 0.6) is 17.2 Å². The molecule has 30 heavy (non-hydrogen) atoms. The zero-order valence-corrected chi connectivity index (χ0v) is 16.8. The molecule has 1 aromatic heterocycles. The van der Waals surface area contributed by atoms with Gasteiger partial charge in [-0.05, 0) is 48.4 Å². The molecule has 4 aromatic rings. The molecular formula is C23H18N2O4S. The van der Waals surface area contributed by atoms with Gasteiger partial charge in [-0.3, -0.25) is 10.1 Å². The molecule has 0 atom stereocenters. The number of phenolic OH excluding ortho intramolecular Hbond substituents is 3. The number of thiazole rings is 1. The van der Waals surface area contributed by atoms with E-state index in [0.29, 0.717) is 27.5 Å². The Morgan fingerprint density at radius 1 is 0.867 bits per heavy atom. The van der Waals surface area contributed by atoms with E-state index in [4.69, 9.17) is 0 Å². The molecule has 1 heterocycles. The van der Waals surface area contributed by atoms with Crippen molar-refractivity contribution < 1.29 is 20.1 Å². The van der Waals surface area contributed by atoms with Gasteiger partial charge in [-0.25, -0.2) is 4.98 Å². The van der Waals surface area contributed by atoms with Crippen molar-refractivity contribution in [2.45, 2.75) is 6.92 Å².